The third kappa shape index (κ3) is 2.81. The molecule has 0 spiro atoms. The van der Waals surface area contributed by atoms with Crippen molar-refractivity contribution in [2.75, 3.05) is 11.9 Å². The Morgan fingerprint density at radius 3 is 3.05 bits per heavy atom. The molecule has 0 radical (unpaired) electrons. The third-order valence-corrected chi connectivity index (χ3v) is 3.19. The SMILES string of the molecule is O=C(Nc1nnc(C2CCCO2)o1)c1cccc(Cl)c1. The smallest absolute Gasteiger partial charge is 0.322 e. The van der Waals surface area contributed by atoms with E-state index in [0.29, 0.717) is 23.1 Å². The highest BCUT2D eigenvalue weighted by Gasteiger charge is 2.24. The zero-order valence-electron chi connectivity index (χ0n) is 10.5. The Labute approximate surface area is 120 Å². The molecule has 3 rings (SSSR count). The van der Waals surface area contributed by atoms with E-state index in [0.717, 1.165) is 12.8 Å². The number of amides is 1. The molecule has 0 saturated carbocycles. The van der Waals surface area contributed by atoms with Crippen molar-refractivity contribution in [1.82, 2.24) is 10.2 Å². The molecule has 0 bridgehead atoms. The minimum Gasteiger partial charge on any atom is -0.405 e. The summed E-state index contributed by atoms with van der Waals surface area (Å²) in [5.74, 6) is 0.0407. The van der Waals surface area contributed by atoms with E-state index in [1.54, 1.807) is 24.3 Å². The Morgan fingerprint density at radius 1 is 1.40 bits per heavy atom. The standard InChI is InChI=1S/C13H12ClN3O3/c14-9-4-1-3-8(7-9)11(18)15-13-17-16-12(20-13)10-5-2-6-19-10/h1,3-4,7,10H,2,5-6H2,(H,15,17,18). The van der Waals surface area contributed by atoms with E-state index in [2.05, 4.69) is 15.5 Å². The molecule has 104 valence electrons. The maximum Gasteiger partial charge on any atom is 0.322 e. The lowest BCUT2D eigenvalue weighted by Gasteiger charge is -2.02. The molecule has 1 aliphatic heterocycles. The highest BCUT2D eigenvalue weighted by atomic mass is 35.5. The van der Waals surface area contributed by atoms with Gasteiger partial charge in [0.15, 0.2) is 0 Å². The molecular formula is C13H12ClN3O3. The zero-order valence-corrected chi connectivity index (χ0v) is 11.3. The second-order valence-corrected chi connectivity index (χ2v) is 4.85. The van der Waals surface area contributed by atoms with Gasteiger partial charge in [0.25, 0.3) is 5.91 Å². The predicted molar refractivity (Wildman–Crippen MR) is 71.6 cm³/mol. The quantitative estimate of drug-likeness (QED) is 0.941. The first kappa shape index (κ1) is 13.1. The lowest BCUT2D eigenvalue weighted by molar-refractivity contribution is 0.0893. The second-order valence-electron chi connectivity index (χ2n) is 4.41. The molecule has 1 aliphatic rings. The number of hydrogen-bond donors (Lipinski definition) is 1. The summed E-state index contributed by atoms with van der Waals surface area (Å²) in [5, 5.41) is 10.7. The number of ether oxygens (including phenoxy) is 1. The minimum absolute atomic E-state index is 0.0560. The number of rotatable bonds is 3. The molecule has 1 unspecified atom stereocenters. The number of anilines is 1. The van der Waals surface area contributed by atoms with Crippen molar-refractivity contribution in [2.24, 2.45) is 0 Å². The van der Waals surface area contributed by atoms with E-state index in [-0.39, 0.29) is 18.0 Å². The number of nitrogens with zero attached hydrogens (tertiary/aromatic N) is 2. The van der Waals surface area contributed by atoms with Gasteiger partial charge in [0, 0.05) is 17.2 Å². The van der Waals surface area contributed by atoms with Crippen molar-refractivity contribution in [3.8, 4) is 0 Å². The molecule has 2 aromatic rings. The van der Waals surface area contributed by atoms with Gasteiger partial charge in [0.1, 0.15) is 6.10 Å². The molecule has 1 atom stereocenters. The number of carbonyl (C=O) groups is 1. The van der Waals surface area contributed by atoms with Gasteiger partial charge >= 0.3 is 6.01 Å². The Kier molecular flexibility index (Phi) is 3.66. The van der Waals surface area contributed by atoms with Crippen LogP contribution < -0.4 is 5.32 Å². The van der Waals surface area contributed by atoms with Crippen molar-refractivity contribution >= 4 is 23.5 Å². The van der Waals surface area contributed by atoms with Crippen molar-refractivity contribution in [1.29, 1.82) is 0 Å². The fraction of sp³-hybridized carbons (Fsp3) is 0.308. The lowest BCUT2D eigenvalue weighted by Crippen LogP contribution is -2.11. The van der Waals surface area contributed by atoms with Crippen LogP contribution in [0.5, 0.6) is 0 Å². The highest BCUT2D eigenvalue weighted by molar-refractivity contribution is 6.31. The van der Waals surface area contributed by atoms with Gasteiger partial charge in [-0.3, -0.25) is 10.1 Å². The molecule has 1 aromatic heterocycles. The van der Waals surface area contributed by atoms with Crippen LogP contribution >= 0.6 is 11.6 Å². The monoisotopic (exact) mass is 293 g/mol. The van der Waals surface area contributed by atoms with E-state index in [4.69, 9.17) is 20.8 Å². The van der Waals surface area contributed by atoms with E-state index < -0.39 is 0 Å². The van der Waals surface area contributed by atoms with Gasteiger partial charge in [-0.2, -0.15) is 0 Å². The van der Waals surface area contributed by atoms with Gasteiger partial charge in [-0.15, -0.1) is 5.10 Å². The summed E-state index contributed by atoms with van der Waals surface area (Å²) in [7, 11) is 0. The van der Waals surface area contributed by atoms with Crippen LogP contribution in [0.15, 0.2) is 28.7 Å². The maximum atomic E-state index is 12.0. The number of carbonyl (C=O) groups excluding carboxylic acids is 1. The van der Waals surface area contributed by atoms with E-state index >= 15 is 0 Å². The van der Waals surface area contributed by atoms with Crippen LogP contribution in [-0.2, 0) is 4.74 Å². The summed E-state index contributed by atoms with van der Waals surface area (Å²) in [6.07, 6.45) is 1.65. The van der Waals surface area contributed by atoms with Gasteiger partial charge in [-0.25, -0.2) is 0 Å². The summed E-state index contributed by atoms with van der Waals surface area (Å²) in [5.41, 5.74) is 0.425. The molecule has 1 N–H and O–H groups in total. The van der Waals surface area contributed by atoms with Crippen LogP contribution in [-0.4, -0.2) is 22.7 Å². The summed E-state index contributed by atoms with van der Waals surface area (Å²) < 4.78 is 10.8. The van der Waals surface area contributed by atoms with E-state index in [9.17, 15) is 4.79 Å². The number of halogens is 1. The predicted octanol–water partition coefficient (Wildman–Crippen LogP) is 2.83. The van der Waals surface area contributed by atoms with E-state index in [1.807, 2.05) is 0 Å². The van der Waals surface area contributed by atoms with Crippen LogP contribution in [0.25, 0.3) is 0 Å². The summed E-state index contributed by atoms with van der Waals surface area (Å²) in [6.45, 7) is 0.692. The molecule has 1 fully saturated rings. The van der Waals surface area contributed by atoms with Crippen molar-refractivity contribution < 1.29 is 13.9 Å². The largest absolute Gasteiger partial charge is 0.405 e. The first-order chi connectivity index (χ1) is 9.72. The summed E-state index contributed by atoms with van der Waals surface area (Å²) >= 11 is 5.83. The number of hydrogen-bond acceptors (Lipinski definition) is 5. The molecule has 0 aliphatic carbocycles. The summed E-state index contributed by atoms with van der Waals surface area (Å²) in [4.78, 5) is 12.0. The topological polar surface area (TPSA) is 77.2 Å². The van der Waals surface area contributed by atoms with Crippen LogP contribution in [0.2, 0.25) is 5.02 Å². The highest BCUT2D eigenvalue weighted by Crippen LogP contribution is 2.28. The van der Waals surface area contributed by atoms with Gasteiger partial charge in [-0.1, -0.05) is 22.8 Å². The molecule has 1 aromatic carbocycles. The molecule has 1 amide bonds. The normalized spacial score (nSPS) is 18.1. The number of nitrogens with one attached hydrogen (secondary N) is 1. The molecular weight excluding hydrogens is 282 g/mol. The minimum atomic E-state index is -0.352. The Hall–Kier alpha value is -1.92. The third-order valence-electron chi connectivity index (χ3n) is 2.95. The Bertz CT molecular complexity index is 623. The van der Waals surface area contributed by atoms with Crippen molar-refractivity contribution in [2.45, 2.75) is 18.9 Å². The zero-order chi connectivity index (χ0) is 13.9. The molecule has 20 heavy (non-hydrogen) atoms. The fourth-order valence-electron chi connectivity index (χ4n) is 1.99. The van der Waals surface area contributed by atoms with Crippen LogP contribution in [0, 0.1) is 0 Å². The van der Waals surface area contributed by atoms with Crippen LogP contribution in [0.4, 0.5) is 6.01 Å². The molecule has 1 saturated heterocycles. The molecule has 2 heterocycles. The fourth-order valence-corrected chi connectivity index (χ4v) is 2.18. The van der Waals surface area contributed by atoms with Gasteiger partial charge in [-0.05, 0) is 31.0 Å². The van der Waals surface area contributed by atoms with Gasteiger partial charge < -0.3 is 9.15 Å². The van der Waals surface area contributed by atoms with E-state index in [1.165, 1.54) is 0 Å². The second kappa shape index (κ2) is 5.60. The first-order valence-electron chi connectivity index (χ1n) is 6.24. The Balaban J connectivity index is 1.70. The Morgan fingerprint density at radius 2 is 2.30 bits per heavy atom. The summed E-state index contributed by atoms with van der Waals surface area (Å²) in [6, 6.07) is 6.66. The molecule has 6 nitrogen and oxygen atoms in total. The average molecular weight is 294 g/mol. The van der Waals surface area contributed by atoms with Crippen molar-refractivity contribution in [3.05, 3.63) is 40.7 Å². The first-order valence-corrected chi connectivity index (χ1v) is 6.62. The van der Waals surface area contributed by atoms with Gasteiger partial charge in [0.05, 0.1) is 0 Å². The number of benzene rings is 1. The van der Waals surface area contributed by atoms with Gasteiger partial charge in [0.2, 0.25) is 5.89 Å². The van der Waals surface area contributed by atoms with Crippen molar-refractivity contribution in [3.63, 3.8) is 0 Å². The lowest BCUT2D eigenvalue weighted by atomic mass is 10.2. The maximum absolute atomic E-state index is 12.0. The average Bonchev–Trinajstić information content (AvgIpc) is 3.08. The molecule has 7 heteroatoms. The van der Waals surface area contributed by atoms with Crippen LogP contribution in [0.3, 0.4) is 0 Å². The van der Waals surface area contributed by atoms with Crippen LogP contribution in [0.1, 0.15) is 35.2 Å². The number of aromatic nitrogens is 2.